The molecule has 1 heterocycles. The molecule has 1 spiro atoms. The number of carbonyl (C=O) groups is 1. The Bertz CT molecular complexity index is 482. The standard InChI is InChI=1S/C15H17ClO3/c16-13-4-1-3-11(10-17)14(13)19-12-5-8-18-15(9-12)6-2-7-15/h1,3-4,10,12H,2,5-9H2. The number of aldehydes is 1. The fourth-order valence-corrected chi connectivity index (χ4v) is 3.14. The van der Waals surface area contributed by atoms with Gasteiger partial charge < -0.3 is 9.47 Å². The molecule has 1 aliphatic heterocycles. The average Bonchev–Trinajstić information content (AvgIpc) is 2.40. The lowest BCUT2D eigenvalue weighted by Gasteiger charge is -2.47. The molecule has 1 saturated heterocycles. The lowest BCUT2D eigenvalue weighted by molar-refractivity contribution is -0.153. The van der Waals surface area contributed by atoms with E-state index in [4.69, 9.17) is 21.1 Å². The first-order valence-electron chi connectivity index (χ1n) is 6.77. The first-order valence-corrected chi connectivity index (χ1v) is 7.15. The van der Waals surface area contributed by atoms with Crippen LogP contribution >= 0.6 is 11.6 Å². The third kappa shape index (κ3) is 2.49. The zero-order chi connectivity index (χ0) is 13.3. The maximum absolute atomic E-state index is 11.1. The van der Waals surface area contributed by atoms with Crippen LogP contribution in [0.15, 0.2) is 18.2 Å². The number of ether oxygens (including phenoxy) is 2. The van der Waals surface area contributed by atoms with Crippen molar-refractivity contribution in [2.75, 3.05) is 6.61 Å². The quantitative estimate of drug-likeness (QED) is 0.793. The molecule has 1 aliphatic carbocycles. The van der Waals surface area contributed by atoms with E-state index in [-0.39, 0.29) is 11.7 Å². The number of hydrogen-bond acceptors (Lipinski definition) is 3. The zero-order valence-corrected chi connectivity index (χ0v) is 11.5. The van der Waals surface area contributed by atoms with Gasteiger partial charge in [-0.15, -0.1) is 0 Å². The van der Waals surface area contributed by atoms with Crippen molar-refractivity contribution >= 4 is 17.9 Å². The Morgan fingerprint density at radius 1 is 1.42 bits per heavy atom. The molecule has 2 fully saturated rings. The largest absolute Gasteiger partial charge is 0.488 e. The van der Waals surface area contributed by atoms with Gasteiger partial charge in [0, 0.05) is 12.8 Å². The van der Waals surface area contributed by atoms with Crippen molar-refractivity contribution in [3.8, 4) is 5.75 Å². The predicted octanol–water partition coefficient (Wildman–Crippen LogP) is 3.63. The Kier molecular flexibility index (Phi) is 3.50. The minimum absolute atomic E-state index is 0.0332. The number of benzene rings is 1. The van der Waals surface area contributed by atoms with Crippen molar-refractivity contribution in [3.63, 3.8) is 0 Å². The molecule has 0 N–H and O–H groups in total. The van der Waals surface area contributed by atoms with Crippen molar-refractivity contribution < 1.29 is 14.3 Å². The van der Waals surface area contributed by atoms with Crippen LogP contribution in [0.25, 0.3) is 0 Å². The molecule has 1 unspecified atom stereocenters. The summed E-state index contributed by atoms with van der Waals surface area (Å²) in [5.41, 5.74) is 0.549. The molecule has 0 bridgehead atoms. The summed E-state index contributed by atoms with van der Waals surface area (Å²) >= 11 is 6.13. The molecule has 3 nitrogen and oxygen atoms in total. The van der Waals surface area contributed by atoms with Gasteiger partial charge in [-0.2, -0.15) is 0 Å². The van der Waals surface area contributed by atoms with Crippen molar-refractivity contribution in [1.29, 1.82) is 0 Å². The molecule has 3 rings (SSSR count). The van der Waals surface area contributed by atoms with Crippen LogP contribution in [-0.4, -0.2) is 24.6 Å². The summed E-state index contributed by atoms with van der Waals surface area (Å²) in [5.74, 6) is 0.514. The number of carbonyl (C=O) groups excluding carboxylic acids is 1. The van der Waals surface area contributed by atoms with Crippen molar-refractivity contribution in [2.24, 2.45) is 0 Å². The van der Waals surface area contributed by atoms with Gasteiger partial charge in [0.1, 0.15) is 11.9 Å². The van der Waals surface area contributed by atoms with Crippen LogP contribution < -0.4 is 4.74 Å². The third-order valence-electron chi connectivity index (χ3n) is 4.12. The minimum Gasteiger partial charge on any atom is -0.488 e. The van der Waals surface area contributed by atoms with Crippen LogP contribution in [0.1, 0.15) is 42.5 Å². The maximum Gasteiger partial charge on any atom is 0.153 e. The first kappa shape index (κ1) is 12.9. The van der Waals surface area contributed by atoms with Gasteiger partial charge in [0.05, 0.1) is 22.8 Å². The second kappa shape index (κ2) is 5.14. The summed E-state index contributed by atoms with van der Waals surface area (Å²) in [6, 6.07) is 5.24. The fraction of sp³-hybridized carbons (Fsp3) is 0.533. The van der Waals surface area contributed by atoms with Crippen LogP contribution in [-0.2, 0) is 4.74 Å². The molecule has 1 aromatic rings. The SMILES string of the molecule is O=Cc1cccc(Cl)c1OC1CCOC2(CCC2)C1. The molecule has 4 heteroatoms. The van der Waals surface area contributed by atoms with Crippen LogP contribution in [0, 0.1) is 0 Å². The lowest BCUT2D eigenvalue weighted by Crippen LogP contribution is -2.48. The molecule has 2 aliphatic rings. The van der Waals surface area contributed by atoms with Gasteiger partial charge in [-0.1, -0.05) is 17.7 Å². The second-order valence-corrected chi connectivity index (χ2v) is 5.80. The molecular formula is C15H17ClO3. The zero-order valence-electron chi connectivity index (χ0n) is 10.7. The van der Waals surface area contributed by atoms with Crippen molar-refractivity contribution in [2.45, 2.75) is 43.8 Å². The highest BCUT2D eigenvalue weighted by atomic mass is 35.5. The van der Waals surface area contributed by atoms with E-state index in [1.165, 1.54) is 6.42 Å². The Labute approximate surface area is 117 Å². The van der Waals surface area contributed by atoms with Crippen LogP contribution in [0.2, 0.25) is 5.02 Å². The third-order valence-corrected chi connectivity index (χ3v) is 4.42. The highest BCUT2D eigenvalue weighted by Crippen LogP contribution is 2.43. The highest BCUT2D eigenvalue weighted by Gasteiger charge is 2.43. The highest BCUT2D eigenvalue weighted by molar-refractivity contribution is 6.32. The van der Waals surface area contributed by atoms with E-state index in [9.17, 15) is 4.79 Å². The topological polar surface area (TPSA) is 35.5 Å². The van der Waals surface area contributed by atoms with Crippen LogP contribution in [0.5, 0.6) is 5.75 Å². The lowest BCUT2D eigenvalue weighted by atomic mass is 9.74. The van der Waals surface area contributed by atoms with Gasteiger partial charge in [-0.05, 0) is 31.4 Å². The first-order chi connectivity index (χ1) is 9.22. The summed E-state index contributed by atoms with van der Waals surface area (Å²) in [7, 11) is 0. The van der Waals surface area contributed by atoms with E-state index in [2.05, 4.69) is 0 Å². The molecule has 0 radical (unpaired) electrons. The molecule has 1 atom stereocenters. The molecule has 1 saturated carbocycles. The van der Waals surface area contributed by atoms with Crippen molar-refractivity contribution in [3.05, 3.63) is 28.8 Å². The van der Waals surface area contributed by atoms with Gasteiger partial charge in [0.15, 0.2) is 6.29 Å². The number of hydrogen-bond donors (Lipinski definition) is 0. The Balaban J connectivity index is 1.76. The monoisotopic (exact) mass is 280 g/mol. The van der Waals surface area contributed by atoms with E-state index < -0.39 is 0 Å². The molecular weight excluding hydrogens is 264 g/mol. The van der Waals surface area contributed by atoms with E-state index in [0.717, 1.165) is 38.6 Å². The Hall–Kier alpha value is -1.06. The molecule has 0 amide bonds. The van der Waals surface area contributed by atoms with Crippen molar-refractivity contribution in [1.82, 2.24) is 0 Å². The number of halogens is 1. The molecule has 102 valence electrons. The van der Waals surface area contributed by atoms with Crippen LogP contribution in [0.3, 0.4) is 0 Å². The van der Waals surface area contributed by atoms with Crippen LogP contribution in [0.4, 0.5) is 0 Å². The predicted molar refractivity (Wildman–Crippen MR) is 73.0 cm³/mol. The van der Waals surface area contributed by atoms with E-state index in [1.807, 2.05) is 0 Å². The summed E-state index contributed by atoms with van der Waals surface area (Å²) in [5, 5.41) is 0.499. The summed E-state index contributed by atoms with van der Waals surface area (Å²) in [6.45, 7) is 0.728. The number of rotatable bonds is 3. The molecule has 19 heavy (non-hydrogen) atoms. The molecule has 0 aromatic heterocycles. The normalized spacial score (nSPS) is 24.8. The minimum atomic E-state index is 0.0332. The van der Waals surface area contributed by atoms with Gasteiger partial charge in [-0.3, -0.25) is 4.79 Å². The summed E-state index contributed by atoms with van der Waals surface area (Å²) in [6.07, 6.45) is 6.11. The van der Waals surface area contributed by atoms with E-state index >= 15 is 0 Å². The Morgan fingerprint density at radius 3 is 2.95 bits per heavy atom. The average molecular weight is 281 g/mol. The molecule has 1 aromatic carbocycles. The Morgan fingerprint density at radius 2 is 2.26 bits per heavy atom. The number of para-hydroxylation sites is 1. The van der Waals surface area contributed by atoms with Gasteiger partial charge in [0.2, 0.25) is 0 Å². The van der Waals surface area contributed by atoms with Gasteiger partial charge >= 0.3 is 0 Å². The maximum atomic E-state index is 11.1. The summed E-state index contributed by atoms with van der Waals surface area (Å²) in [4.78, 5) is 11.1. The fourth-order valence-electron chi connectivity index (χ4n) is 2.91. The van der Waals surface area contributed by atoms with E-state index in [1.54, 1.807) is 18.2 Å². The smallest absolute Gasteiger partial charge is 0.153 e. The second-order valence-electron chi connectivity index (χ2n) is 5.39. The van der Waals surface area contributed by atoms with Gasteiger partial charge in [-0.25, -0.2) is 0 Å². The van der Waals surface area contributed by atoms with Gasteiger partial charge in [0.25, 0.3) is 0 Å². The van der Waals surface area contributed by atoms with E-state index in [0.29, 0.717) is 16.3 Å². The summed E-state index contributed by atoms with van der Waals surface area (Å²) < 4.78 is 11.9.